The lowest BCUT2D eigenvalue weighted by molar-refractivity contribution is -0.152. The zero-order chi connectivity index (χ0) is 20.6. The normalized spacial score (nSPS) is 19.5. The largest absolute Gasteiger partial charge is 0.389 e. The molecule has 1 amide bonds. The molecule has 10 heteroatoms. The Balaban J connectivity index is 1.58. The van der Waals surface area contributed by atoms with Crippen LogP contribution in [0.15, 0.2) is 29.4 Å². The number of nitrogens with zero attached hydrogens (tertiary/aromatic N) is 2. The molecule has 0 aromatic heterocycles. The number of carbonyl (C=O) groups is 1. The molecule has 0 aliphatic carbocycles. The van der Waals surface area contributed by atoms with Gasteiger partial charge in [0, 0.05) is 44.3 Å². The average Bonchev–Trinajstić information content (AvgIpc) is 3.03. The van der Waals surface area contributed by atoms with Crippen molar-refractivity contribution < 1.29 is 31.6 Å². The first-order valence-electron chi connectivity index (χ1n) is 8.85. The van der Waals surface area contributed by atoms with Crippen LogP contribution >= 0.6 is 9.24 Å². The Morgan fingerprint density at radius 2 is 1.89 bits per heavy atom. The maximum absolute atomic E-state index is 13.5. The molecule has 2 heterocycles. The van der Waals surface area contributed by atoms with Gasteiger partial charge in [0.05, 0.1) is 12.1 Å². The maximum Gasteiger partial charge on any atom is 0.389 e. The van der Waals surface area contributed by atoms with E-state index in [0.29, 0.717) is 30.5 Å². The lowest BCUT2D eigenvalue weighted by atomic mass is 9.85. The summed E-state index contributed by atoms with van der Waals surface area (Å²) < 4.78 is 63.8. The van der Waals surface area contributed by atoms with Gasteiger partial charge < -0.3 is 9.74 Å². The highest BCUT2D eigenvalue weighted by molar-refractivity contribution is 7.17. The Labute approximate surface area is 161 Å². The third-order valence-corrected chi connectivity index (χ3v) is 5.40. The molecule has 3 rings (SSSR count). The Hall–Kier alpha value is -1.76. The minimum atomic E-state index is -4.35. The molecule has 154 valence electrons. The van der Waals surface area contributed by atoms with Crippen LogP contribution in [0.5, 0.6) is 0 Å². The van der Waals surface area contributed by atoms with E-state index in [1.807, 2.05) is 0 Å². The summed E-state index contributed by atoms with van der Waals surface area (Å²) in [5.74, 6) is -0.526. The summed E-state index contributed by atoms with van der Waals surface area (Å²) >= 11 is 0. The van der Waals surface area contributed by atoms with Gasteiger partial charge in [-0.3, -0.25) is 4.79 Å². The first kappa shape index (κ1) is 21.0. The van der Waals surface area contributed by atoms with Crippen molar-refractivity contribution in [2.75, 3.05) is 13.1 Å². The number of carbonyl (C=O) groups excluding carboxylic acids is 1. The third-order valence-electron chi connectivity index (χ3n) is 5.07. The summed E-state index contributed by atoms with van der Waals surface area (Å²) in [5, 5.41) is 4.06. The molecule has 0 saturated carbocycles. The molecule has 4 nitrogen and oxygen atoms in total. The van der Waals surface area contributed by atoms with Gasteiger partial charge in [-0.05, 0) is 11.6 Å². The number of amides is 1. The molecule has 1 aromatic carbocycles. The van der Waals surface area contributed by atoms with E-state index < -0.39 is 36.2 Å². The van der Waals surface area contributed by atoms with Crippen molar-refractivity contribution in [1.29, 1.82) is 0 Å². The zero-order valence-electron chi connectivity index (χ0n) is 14.9. The second kappa shape index (κ2) is 7.58. The molecule has 1 aromatic rings. The molecule has 2 aliphatic rings. The van der Waals surface area contributed by atoms with Crippen molar-refractivity contribution in [2.24, 2.45) is 5.16 Å². The van der Waals surface area contributed by atoms with E-state index in [4.69, 9.17) is 4.84 Å². The lowest BCUT2D eigenvalue weighted by Crippen LogP contribution is -2.47. The van der Waals surface area contributed by atoms with Crippen LogP contribution in [0.1, 0.15) is 43.2 Å². The smallest absolute Gasteiger partial charge is 0.388 e. The van der Waals surface area contributed by atoms with Crippen LogP contribution in [-0.2, 0) is 15.3 Å². The van der Waals surface area contributed by atoms with Crippen LogP contribution < -0.4 is 0 Å². The molecular formula is C18H20F5N2O2P. The minimum absolute atomic E-state index is 0.149. The van der Waals surface area contributed by atoms with Crippen LogP contribution in [-0.4, -0.2) is 41.4 Å². The molecule has 1 unspecified atom stereocenters. The highest BCUT2D eigenvalue weighted by atomic mass is 31.0. The van der Waals surface area contributed by atoms with Crippen molar-refractivity contribution >= 4 is 20.9 Å². The number of piperidine rings is 1. The van der Waals surface area contributed by atoms with Gasteiger partial charge in [0.2, 0.25) is 5.91 Å². The van der Waals surface area contributed by atoms with Crippen LogP contribution in [0.3, 0.4) is 0 Å². The van der Waals surface area contributed by atoms with Gasteiger partial charge in [0.25, 0.3) is 5.66 Å². The van der Waals surface area contributed by atoms with E-state index in [0.717, 1.165) is 0 Å². The molecule has 2 aliphatic heterocycles. The van der Waals surface area contributed by atoms with E-state index in [2.05, 4.69) is 5.16 Å². The first-order chi connectivity index (χ1) is 13.0. The van der Waals surface area contributed by atoms with Crippen molar-refractivity contribution in [2.45, 2.75) is 49.5 Å². The van der Waals surface area contributed by atoms with E-state index in [9.17, 15) is 26.7 Å². The van der Waals surface area contributed by atoms with Crippen molar-refractivity contribution in [1.82, 2.24) is 4.90 Å². The number of oxime groups is 1. The number of benzene rings is 1. The van der Waals surface area contributed by atoms with Gasteiger partial charge in [-0.2, -0.15) is 22.0 Å². The fourth-order valence-corrected chi connectivity index (χ4v) is 3.60. The number of alkyl halides is 5. The van der Waals surface area contributed by atoms with Crippen LogP contribution in [0, 0.1) is 0 Å². The van der Waals surface area contributed by atoms with Crippen molar-refractivity contribution in [3.8, 4) is 0 Å². The number of halogens is 5. The predicted molar refractivity (Wildman–Crippen MR) is 96.1 cm³/mol. The quantitative estimate of drug-likeness (QED) is 0.532. The first-order valence-corrected chi connectivity index (χ1v) is 9.42. The van der Waals surface area contributed by atoms with Gasteiger partial charge in [-0.15, -0.1) is 0 Å². The minimum Gasteiger partial charge on any atom is -0.388 e. The summed E-state index contributed by atoms with van der Waals surface area (Å²) in [6.45, 7) is 0.562. The summed E-state index contributed by atoms with van der Waals surface area (Å²) in [4.78, 5) is 19.0. The monoisotopic (exact) mass is 422 g/mol. The summed E-state index contributed by atoms with van der Waals surface area (Å²) in [5.41, 5.74) is -2.75. The summed E-state index contributed by atoms with van der Waals surface area (Å²) in [7, 11) is 1.50. The zero-order valence-corrected chi connectivity index (χ0v) is 16.1. The molecule has 28 heavy (non-hydrogen) atoms. The Bertz CT molecular complexity index is 768. The molecule has 1 fully saturated rings. The third kappa shape index (κ3) is 4.99. The second-order valence-electron chi connectivity index (χ2n) is 7.19. The standard InChI is InChI=1S/C18H20F5N2O2P/c19-17(20,21)5-4-15(26)25-8-6-16(7-9-25)11-14(24-27-16)12-2-1-3-13(10-12)18(22,23)28/h1-3,10H,4-9,11,28H2. The van der Waals surface area contributed by atoms with Crippen LogP contribution in [0.25, 0.3) is 0 Å². The molecule has 1 spiro atoms. The number of likely N-dealkylation sites (tertiary alicyclic amines) is 1. The van der Waals surface area contributed by atoms with Crippen LogP contribution in [0.2, 0.25) is 0 Å². The number of hydrogen-bond acceptors (Lipinski definition) is 3. The average molecular weight is 422 g/mol. The Morgan fingerprint density at radius 1 is 1.21 bits per heavy atom. The van der Waals surface area contributed by atoms with Gasteiger partial charge in [-0.25, -0.2) is 0 Å². The maximum atomic E-state index is 13.5. The molecule has 1 atom stereocenters. The fourth-order valence-electron chi connectivity index (χ4n) is 3.42. The highest BCUT2D eigenvalue weighted by Gasteiger charge is 2.43. The summed E-state index contributed by atoms with van der Waals surface area (Å²) in [6.07, 6.45) is -4.78. The number of hydrogen-bond donors (Lipinski definition) is 0. The van der Waals surface area contributed by atoms with Gasteiger partial charge >= 0.3 is 6.18 Å². The predicted octanol–water partition coefficient (Wildman–Crippen LogP) is 4.44. The van der Waals surface area contributed by atoms with Gasteiger partial charge in [0.15, 0.2) is 0 Å². The number of rotatable bonds is 4. The molecule has 0 bridgehead atoms. The molecular weight excluding hydrogens is 402 g/mol. The second-order valence-corrected chi connectivity index (χ2v) is 7.91. The fraction of sp³-hybridized carbons (Fsp3) is 0.556. The van der Waals surface area contributed by atoms with E-state index >= 15 is 0 Å². The molecule has 1 saturated heterocycles. The Morgan fingerprint density at radius 3 is 2.50 bits per heavy atom. The Kier molecular flexibility index (Phi) is 5.67. The SMILES string of the molecule is O=C(CCC(F)(F)F)N1CCC2(CC1)CC(c1cccc(C(F)(F)P)c1)=NO2. The lowest BCUT2D eigenvalue weighted by Gasteiger charge is -2.37. The van der Waals surface area contributed by atoms with E-state index in [-0.39, 0.29) is 18.7 Å². The topological polar surface area (TPSA) is 41.9 Å². The summed E-state index contributed by atoms with van der Waals surface area (Å²) in [6, 6.07) is 5.90. The van der Waals surface area contributed by atoms with E-state index in [1.54, 1.807) is 6.07 Å². The molecule has 0 N–H and O–H groups in total. The molecule has 0 radical (unpaired) electrons. The van der Waals surface area contributed by atoms with Crippen molar-refractivity contribution in [3.05, 3.63) is 35.4 Å². The van der Waals surface area contributed by atoms with Gasteiger partial charge in [-0.1, -0.05) is 32.6 Å². The van der Waals surface area contributed by atoms with Crippen LogP contribution in [0.4, 0.5) is 22.0 Å². The van der Waals surface area contributed by atoms with Crippen molar-refractivity contribution in [3.63, 3.8) is 0 Å². The van der Waals surface area contributed by atoms with E-state index in [1.165, 1.54) is 32.3 Å². The highest BCUT2D eigenvalue weighted by Crippen LogP contribution is 2.38. The van der Waals surface area contributed by atoms with Gasteiger partial charge in [0.1, 0.15) is 5.60 Å².